The molecule has 0 saturated carbocycles. The van der Waals surface area contributed by atoms with Crippen LogP contribution in [0.25, 0.3) is 0 Å². The molecule has 31 heavy (non-hydrogen) atoms. The molecule has 1 fully saturated rings. The number of para-hydroxylation sites is 1. The van der Waals surface area contributed by atoms with Crippen molar-refractivity contribution in [2.24, 2.45) is 5.92 Å². The molecule has 4 rings (SSSR count). The maximum absolute atomic E-state index is 13.2. The third-order valence-corrected chi connectivity index (χ3v) is 5.69. The van der Waals surface area contributed by atoms with Crippen molar-refractivity contribution in [1.82, 2.24) is 15.2 Å². The van der Waals surface area contributed by atoms with Gasteiger partial charge in [0.2, 0.25) is 5.91 Å². The van der Waals surface area contributed by atoms with Gasteiger partial charge in [-0.25, -0.2) is 0 Å². The van der Waals surface area contributed by atoms with Crippen molar-refractivity contribution in [3.05, 3.63) is 95.8 Å². The fourth-order valence-corrected chi connectivity index (χ4v) is 4.11. The van der Waals surface area contributed by atoms with Crippen LogP contribution in [0.15, 0.2) is 79.1 Å². The summed E-state index contributed by atoms with van der Waals surface area (Å²) in [5.74, 6) is 0.0519. The number of carbonyl (C=O) groups is 2. The molecule has 0 aliphatic carbocycles. The molecule has 2 amide bonds. The molecule has 0 unspecified atom stereocenters. The molecule has 2 heterocycles. The number of hydrogen-bond acceptors (Lipinski definition) is 4. The minimum absolute atomic E-state index is 0.0666. The summed E-state index contributed by atoms with van der Waals surface area (Å²) in [6.45, 7) is 1.21. The summed E-state index contributed by atoms with van der Waals surface area (Å²) in [4.78, 5) is 32.1. The highest BCUT2D eigenvalue weighted by Gasteiger charge is 2.41. The predicted molar refractivity (Wildman–Crippen MR) is 118 cm³/mol. The molecule has 2 atom stereocenters. The Morgan fingerprint density at radius 1 is 1.03 bits per heavy atom. The molecule has 3 aromatic rings. The third-order valence-electron chi connectivity index (χ3n) is 5.69. The maximum atomic E-state index is 13.2. The van der Waals surface area contributed by atoms with Crippen LogP contribution in [0.1, 0.15) is 27.4 Å². The standard InChI is InChI=1S/C25H25N3O3/c1-31-23-12-6-5-11-20(23)21-16-28(25(30)19-9-3-2-4-10-19)17-22(21)24(29)27-15-18-8-7-13-26-14-18/h2-14,21-22H,15-17H2,1H3,(H,27,29)/t21-,22-/m1/s1. The monoisotopic (exact) mass is 415 g/mol. The van der Waals surface area contributed by atoms with E-state index < -0.39 is 0 Å². The molecule has 2 aromatic carbocycles. The van der Waals surface area contributed by atoms with Gasteiger partial charge in [-0.1, -0.05) is 42.5 Å². The number of carbonyl (C=O) groups excluding carboxylic acids is 2. The zero-order chi connectivity index (χ0) is 21.6. The number of pyridine rings is 1. The van der Waals surface area contributed by atoms with Crippen LogP contribution >= 0.6 is 0 Å². The third kappa shape index (κ3) is 4.58. The van der Waals surface area contributed by atoms with Gasteiger partial charge in [-0.3, -0.25) is 14.6 Å². The number of methoxy groups -OCH3 is 1. The van der Waals surface area contributed by atoms with E-state index in [0.29, 0.717) is 25.2 Å². The largest absolute Gasteiger partial charge is 0.496 e. The fourth-order valence-electron chi connectivity index (χ4n) is 4.11. The van der Waals surface area contributed by atoms with Crippen LogP contribution in [0.5, 0.6) is 5.75 Å². The minimum Gasteiger partial charge on any atom is -0.496 e. The number of nitrogens with one attached hydrogen (secondary N) is 1. The van der Waals surface area contributed by atoms with Crippen molar-refractivity contribution in [3.63, 3.8) is 0 Å². The van der Waals surface area contributed by atoms with Gasteiger partial charge in [-0.2, -0.15) is 0 Å². The second-order valence-corrected chi connectivity index (χ2v) is 7.61. The average molecular weight is 415 g/mol. The normalized spacial score (nSPS) is 17.9. The number of likely N-dealkylation sites (tertiary alicyclic amines) is 1. The van der Waals surface area contributed by atoms with Gasteiger partial charge in [-0.05, 0) is 35.4 Å². The summed E-state index contributed by atoms with van der Waals surface area (Å²) in [5.41, 5.74) is 2.49. The van der Waals surface area contributed by atoms with E-state index >= 15 is 0 Å². The lowest BCUT2D eigenvalue weighted by Gasteiger charge is -2.20. The molecule has 1 aliphatic heterocycles. The van der Waals surface area contributed by atoms with Crippen molar-refractivity contribution in [1.29, 1.82) is 0 Å². The average Bonchev–Trinajstić information content (AvgIpc) is 3.28. The van der Waals surface area contributed by atoms with Gasteiger partial charge in [0, 0.05) is 43.5 Å². The second kappa shape index (κ2) is 9.43. The number of rotatable bonds is 6. The first-order valence-electron chi connectivity index (χ1n) is 10.3. The van der Waals surface area contributed by atoms with Gasteiger partial charge in [0.15, 0.2) is 0 Å². The first-order chi connectivity index (χ1) is 15.2. The number of nitrogens with zero attached hydrogens (tertiary/aromatic N) is 2. The van der Waals surface area contributed by atoms with Crippen molar-refractivity contribution >= 4 is 11.8 Å². The van der Waals surface area contributed by atoms with Crippen molar-refractivity contribution in [2.75, 3.05) is 20.2 Å². The molecular formula is C25H25N3O3. The first-order valence-corrected chi connectivity index (χ1v) is 10.3. The van der Waals surface area contributed by atoms with Gasteiger partial charge in [0.05, 0.1) is 13.0 Å². The smallest absolute Gasteiger partial charge is 0.253 e. The van der Waals surface area contributed by atoms with Crippen LogP contribution in [0.2, 0.25) is 0 Å². The van der Waals surface area contributed by atoms with Crippen LogP contribution in [-0.2, 0) is 11.3 Å². The Hall–Kier alpha value is -3.67. The Morgan fingerprint density at radius 2 is 1.81 bits per heavy atom. The summed E-state index contributed by atoms with van der Waals surface area (Å²) in [6, 6.07) is 20.6. The topological polar surface area (TPSA) is 71.5 Å². The van der Waals surface area contributed by atoms with E-state index in [4.69, 9.17) is 4.74 Å². The Morgan fingerprint density at radius 3 is 2.55 bits per heavy atom. The zero-order valence-electron chi connectivity index (χ0n) is 17.4. The molecule has 158 valence electrons. The molecule has 6 heteroatoms. The molecule has 1 N–H and O–H groups in total. The molecule has 1 aromatic heterocycles. The molecule has 0 bridgehead atoms. The molecule has 1 saturated heterocycles. The van der Waals surface area contributed by atoms with Crippen LogP contribution in [0.4, 0.5) is 0 Å². The van der Waals surface area contributed by atoms with Crippen molar-refractivity contribution in [2.45, 2.75) is 12.5 Å². The lowest BCUT2D eigenvalue weighted by molar-refractivity contribution is -0.125. The minimum atomic E-state index is -0.374. The predicted octanol–water partition coefficient (Wildman–Crippen LogP) is 3.26. The van der Waals surface area contributed by atoms with E-state index in [0.717, 1.165) is 16.9 Å². The molecular weight excluding hydrogens is 390 g/mol. The quantitative estimate of drug-likeness (QED) is 0.671. The Bertz CT molecular complexity index is 1040. The Labute approximate surface area is 181 Å². The highest BCUT2D eigenvalue weighted by atomic mass is 16.5. The van der Waals surface area contributed by atoms with E-state index in [9.17, 15) is 9.59 Å². The van der Waals surface area contributed by atoms with Gasteiger partial charge in [-0.15, -0.1) is 0 Å². The van der Waals surface area contributed by atoms with Crippen LogP contribution in [-0.4, -0.2) is 41.9 Å². The van der Waals surface area contributed by atoms with E-state index in [1.807, 2.05) is 54.6 Å². The van der Waals surface area contributed by atoms with E-state index in [-0.39, 0.29) is 23.7 Å². The maximum Gasteiger partial charge on any atom is 0.253 e. The number of amides is 2. The molecule has 1 aliphatic rings. The van der Waals surface area contributed by atoms with Crippen molar-refractivity contribution in [3.8, 4) is 5.75 Å². The highest BCUT2D eigenvalue weighted by Crippen LogP contribution is 2.38. The highest BCUT2D eigenvalue weighted by molar-refractivity contribution is 5.95. The number of aromatic nitrogens is 1. The van der Waals surface area contributed by atoms with Gasteiger partial charge < -0.3 is 15.0 Å². The van der Waals surface area contributed by atoms with E-state index in [1.54, 1.807) is 36.5 Å². The van der Waals surface area contributed by atoms with Crippen LogP contribution in [0.3, 0.4) is 0 Å². The fraction of sp³-hybridized carbons (Fsp3) is 0.240. The Balaban J connectivity index is 1.58. The summed E-state index contributed by atoms with van der Waals surface area (Å²) in [7, 11) is 1.62. The summed E-state index contributed by atoms with van der Waals surface area (Å²) in [6.07, 6.45) is 3.44. The first kappa shape index (κ1) is 20.6. The van der Waals surface area contributed by atoms with E-state index in [1.165, 1.54) is 0 Å². The van der Waals surface area contributed by atoms with E-state index in [2.05, 4.69) is 10.3 Å². The zero-order valence-corrected chi connectivity index (χ0v) is 17.4. The van der Waals surface area contributed by atoms with Gasteiger partial charge in [0.1, 0.15) is 5.75 Å². The number of hydrogen-bond donors (Lipinski definition) is 1. The summed E-state index contributed by atoms with van der Waals surface area (Å²) in [5, 5.41) is 3.02. The van der Waals surface area contributed by atoms with Crippen LogP contribution in [0, 0.1) is 5.92 Å². The lowest BCUT2D eigenvalue weighted by Crippen LogP contribution is -2.35. The van der Waals surface area contributed by atoms with Crippen molar-refractivity contribution < 1.29 is 14.3 Å². The number of ether oxygens (including phenoxy) is 1. The van der Waals surface area contributed by atoms with Crippen LogP contribution < -0.4 is 10.1 Å². The SMILES string of the molecule is COc1ccccc1[C@H]1CN(C(=O)c2ccccc2)C[C@H]1C(=O)NCc1cccnc1. The van der Waals surface area contributed by atoms with Gasteiger partial charge in [0.25, 0.3) is 5.91 Å². The molecule has 6 nitrogen and oxygen atoms in total. The molecule has 0 radical (unpaired) electrons. The lowest BCUT2D eigenvalue weighted by atomic mass is 9.87. The summed E-state index contributed by atoms with van der Waals surface area (Å²) < 4.78 is 5.55. The van der Waals surface area contributed by atoms with Gasteiger partial charge >= 0.3 is 0 Å². The second-order valence-electron chi connectivity index (χ2n) is 7.61. The summed E-state index contributed by atoms with van der Waals surface area (Å²) >= 11 is 0. The number of benzene rings is 2. The Kier molecular flexibility index (Phi) is 6.26. The molecule has 0 spiro atoms.